The van der Waals surface area contributed by atoms with Gasteiger partial charge in [-0.2, -0.15) is 0 Å². The number of halogens is 1. The molecule has 0 aliphatic carbocycles. The van der Waals surface area contributed by atoms with Crippen molar-refractivity contribution in [2.75, 3.05) is 25.9 Å². The van der Waals surface area contributed by atoms with Gasteiger partial charge in [-0.1, -0.05) is 6.92 Å². The number of sulfonamides is 1. The number of hydrogen-bond donors (Lipinski definition) is 1. The van der Waals surface area contributed by atoms with Crippen LogP contribution in [0.15, 0.2) is 16.5 Å². The zero-order valence-corrected chi connectivity index (χ0v) is 13.6. The number of furan rings is 1. The van der Waals surface area contributed by atoms with E-state index < -0.39 is 10.0 Å². The SMILES string of the molecule is CCN(CCCNCc1ccc(I)o1)S(C)(=O)=O. The minimum Gasteiger partial charge on any atom is -0.454 e. The molecular formula is C11H19IN2O3S. The Morgan fingerprint density at radius 2 is 2.17 bits per heavy atom. The second-order valence-electron chi connectivity index (χ2n) is 3.99. The summed E-state index contributed by atoms with van der Waals surface area (Å²) in [6, 6.07) is 3.85. The molecule has 7 heteroatoms. The van der Waals surface area contributed by atoms with Gasteiger partial charge >= 0.3 is 0 Å². The zero-order chi connectivity index (χ0) is 13.6. The van der Waals surface area contributed by atoms with E-state index in [0.29, 0.717) is 19.6 Å². The van der Waals surface area contributed by atoms with Gasteiger partial charge in [0.1, 0.15) is 5.76 Å². The first-order valence-electron chi connectivity index (χ1n) is 5.83. The minimum absolute atomic E-state index is 0.523. The standard InChI is InChI=1S/C11H19IN2O3S/c1-3-14(18(2,15)16)8-4-7-13-9-10-5-6-11(12)17-10/h5-6,13H,3-4,7-9H2,1-2H3. The highest BCUT2D eigenvalue weighted by molar-refractivity contribution is 14.1. The Bertz CT molecular complexity index is 459. The Hall–Kier alpha value is -0.120. The molecule has 1 rings (SSSR count). The van der Waals surface area contributed by atoms with Crippen molar-refractivity contribution in [2.45, 2.75) is 19.9 Å². The lowest BCUT2D eigenvalue weighted by molar-refractivity contribution is 0.412. The summed E-state index contributed by atoms with van der Waals surface area (Å²) < 4.78 is 30.4. The Labute approximate surface area is 122 Å². The summed E-state index contributed by atoms with van der Waals surface area (Å²) in [5, 5.41) is 3.23. The summed E-state index contributed by atoms with van der Waals surface area (Å²) in [4.78, 5) is 0. The molecule has 0 aliphatic rings. The molecule has 0 saturated heterocycles. The van der Waals surface area contributed by atoms with Crippen molar-refractivity contribution in [1.29, 1.82) is 0 Å². The summed E-state index contributed by atoms with van der Waals surface area (Å²) in [5.74, 6) is 0.898. The first kappa shape index (κ1) is 15.9. The van der Waals surface area contributed by atoms with E-state index in [9.17, 15) is 8.42 Å². The summed E-state index contributed by atoms with van der Waals surface area (Å²) >= 11 is 2.12. The van der Waals surface area contributed by atoms with Gasteiger partial charge in [0, 0.05) is 13.1 Å². The summed E-state index contributed by atoms with van der Waals surface area (Å²) in [6.45, 7) is 4.36. The van der Waals surface area contributed by atoms with Gasteiger partial charge in [-0.15, -0.1) is 0 Å². The van der Waals surface area contributed by atoms with Gasteiger partial charge < -0.3 is 9.73 Å². The largest absolute Gasteiger partial charge is 0.454 e. The van der Waals surface area contributed by atoms with Crippen molar-refractivity contribution in [1.82, 2.24) is 9.62 Å². The highest BCUT2D eigenvalue weighted by Gasteiger charge is 2.12. The van der Waals surface area contributed by atoms with E-state index in [2.05, 4.69) is 27.9 Å². The van der Waals surface area contributed by atoms with Crippen molar-refractivity contribution in [2.24, 2.45) is 0 Å². The van der Waals surface area contributed by atoms with Crippen LogP contribution >= 0.6 is 22.6 Å². The molecule has 0 saturated carbocycles. The normalized spacial score (nSPS) is 12.2. The Morgan fingerprint density at radius 1 is 1.44 bits per heavy atom. The van der Waals surface area contributed by atoms with E-state index in [1.54, 1.807) is 0 Å². The predicted octanol–water partition coefficient (Wildman–Crippen LogP) is 1.65. The van der Waals surface area contributed by atoms with Crippen LogP contribution < -0.4 is 5.32 Å². The molecule has 5 nitrogen and oxygen atoms in total. The molecule has 1 heterocycles. The maximum absolute atomic E-state index is 11.3. The van der Waals surface area contributed by atoms with Crippen molar-refractivity contribution < 1.29 is 12.8 Å². The Morgan fingerprint density at radius 3 is 2.67 bits per heavy atom. The van der Waals surface area contributed by atoms with E-state index >= 15 is 0 Å². The van der Waals surface area contributed by atoms with E-state index in [1.807, 2.05) is 19.1 Å². The summed E-state index contributed by atoms with van der Waals surface area (Å²) in [7, 11) is -3.06. The van der Waals surface area contributed by atoms with Crippen LogP contribution in [0.2, 0.25) is 0 Å². The number of nitrogens with one attached hydrogen (secondary N) is 1. The van der Waals surface area contributed by atoms with Crippen LogP contribution in [0.4, 0.5) is 0 Å². The maximum atomic E-state index is 11.3. The van der Waals surface area contributed by atoms with Crippen LogP contribution in [-0.2, 0) is 16.6 Å². The highest BCUT2D eigenvalue weighted by Crippen LogP contribution is 2.09. The lowest BCUT2D eigenvalue weighted by atomic mass is 10.4. The van der Waals surface area contributed by atoms with Gasteiger partial charge in [0.25, 0.3) is 0 Å². The van der Waals surface area contributed by atoms with Gasteiger partial charge in [0.2, 0.25) is 10.0 Å². The average molecular weight is 386 g/mol. The zero-order valence-electron chi connectivity index (χ0n) is 10.6. The lowest BCUT2D eigenvalue weighted by Crippen LogP contribution is -2.32. The van der Waals surface area contributed by atoms with E-state index in [1.165, 1.54) is 10.6 Å². The van der Waals surface area contributed by atoms with Gasteiger partial charge in [-0.05, 0) is 47.7 Å². The quantitative estimate of drug-likeness (QED) is 0.545. The van der Waals surface area contributed by atoms with Crippen LogP contribution in [-0.4, -0.2) is 38.6 Å². The van der Waals surface area contributed by atoms with Crippen molar-refractivity contribution in [3.8, 4) is 0 Å². The molecule has 0 amide bonds. The minimum atomic E-state index is -3.06. The molecule has 0 fully saturated rings. The van der Waals surface area contributed by atoms with Crippen LogP contribution in [0.1, 0.15) is 19.1 Å². The third kappa shape index (κ3) is 5.68. The van der Waals surface area contributed by atoms with Crippen LogP contribution in [0.5, 0.6) is 0 Å². The third-order valence-electron chi connectivity index (χ3n) is 2.51. The van der Waals surface area contributed by atoms with Gasteiger partial charge in [-0.3, -0.25) is 0 Å². The fourth-order valence-electron chi connectivity index (χ4n) is 1.60. The van der Waals surface area contributed by atoms with Crippen LogP contribution in [0, 0.1) is 3.77 Å². The van der Waals surface area contributed by atoms with E-state index in [0.717, 1.165) is 22.5 Å². The molecule has 0 atom stereocenters. The molecule has 104 valence electrons. The molecule has 0 spiro atoms. The summed E-state index contributed by atoms with van der Waals surface area (Å²) in [5.41, 5.74) is 0. The Balaban J connectivity index is 2.19. The van der Waals surface area contributed by atoms with Gasteiger partial charge in [0.15, 0.2) is 3.77 Å². The maximum Gasteiger partial charge on any atom is 0.211 e. The van der Waals surface area contributed by atoms with Crippen LogP contribution in [0.3, 0.4) is 0 Å². The molecule has 0 bridgehead atoms. The van der Waals surface area contributed by atoms with Crippen LogP contribution in [0.25, 0.3) is 0 Å². The molecule has 0 unspecified atom stereocenters. The second kappa shape index (κ2) is 7.46. The summed E-state index contributed by atoms with van der Waals surface area (Å²) in [6.07, 6.45) is 2.04. The molecular weight excluding hydrogens is 367 g/mol. The smallest absolute Gasteiger partial charge is 0.211 e. The number of hydrogen-bond acceptors (Lipinski definition) is 4. The first-order valence-corrected chi connectivity index (χ1v) is 8.76. The van der Waals surface area contributed by atoms with Crippen molar-refractivity contribution >= 4 is 32.6 Å². The lowest BCUT2D eigenvalue weighted by Gasteiger charge is -2.17. The second-order valence-corrected chi connectivity index (χ2v) is 7.04. The Kier molecular flexibility index (Phi) is 6.61. The van der Waals surface area contributed by atoms with E-state index in [-0.39, 0.29) is 0 Å². The molecule has 18 heavy (non-hydrogen) atoms. The molecule has 1 N–H and O–H groups in total. The number of rotatable bonds is 8. The van der Waals surface area contributed by atoms with Crippen molar-refractivity contribution in [3.63, 3.8) is 0 Å². The van der Waals surface area contributed by atoms with Gasteiger partial charge in [-0.25, -0.2) is 12.7 Å². The molecule has 0 aromatic carbocycles. The van der Waals surface area contributed by atoms with Crippen molar-refractivity contribution in [3.05, 3.63) is 21.7 Å². The predicted molar refractivity (Wildman–Crippen MR) is 79.8 cm³/mol. The third-order valence-corrected chi connectivity index (χ3v) is 4.47. The molecule has 1 aromatic rings. The fourth-order valence-corrected chi connectivity index (χ4v) is 2.99. The fraction of sp³-hybridized carbons (Fsp3) is 0.636. The molecule has 1 aromatic heterocycles. The average Bonchev–Trinajstić information content (AvgIpc) is 2.67. The molecule has 0 aliphatic heterocycles. The highest BCUT2D eigenvalue weighted by atomic mass is 127. The number of nitrogens with zero attached hydrogens (tertiary/aromatic N) is 1. The first-order chi connectivity index (χ1) is 8.43. The molecule has 0 radical (unpaired) electrons. The van der Waals surface area contributed by atoms with E-state index in [4.69, 9.17) is 4.42 Å². The monoisotopic (exact) mass is 386 g/mol. The van der Waals surface area contributed by atoms with Gasteiger partial charge in [0.05, 0.1) is 12.8 Å². The topological polar surface area (TPSA) is 62.6 Å².